The van der Waals surface area contributed by atoms with Gasteiger partial charge in [-0.3, -0.25) is 4.98 Å². The molecule has 0 amide bonds. The molecule has 18 heavy (non-hydrogen) atoms. The van der Waals surface area contributed by atoms with Gasteiger partial charge in [-0.25, -0.2) is 8.78 Å². The lowest BCUT2D eigenvalue weighted by Crippen LogP contribution is -2.11. The van der Waals surface area contributed by atoms with Crippen molar-refractivity contribution in [2.24, 2.45) is 0 Å². The fourth-order valence-electron chi connectivity index (χ4n) is 1.88. The first-order valence-electron chi connectivity index (χ1n) is 5.70. The van der Waals surface area contributed by atoms with Crippen LogP contribution in [0.4, 0.5) is 14.5 Å². The van der Waals surface area contributed by atoms with Crippen LogP contribution in [0.2, 0.25) is 0 Å². The number of anilines is 1. The van der Waals surface area contributed by atoms with Crippen LogP contribution in [0.25, 0.3) is 0 Å². The Morgan fingerprint density at radius 2 is 1.83 bits per heavy atom. The number of nitrogens with one attached hydrogen (secondary N) is 1. The Morgan fingerprint density at radius 1 is 1.17 bits per heavy atom. The lowest BCUT2D eigenvalue weighted by molar-refractivity contribution is 0.544. The van der Waals surface area contributed by atoms with Crippen molar-refractivity contribution in [3.63, 3.8) is 0 Å². The summed E-state index contributed by atoms with van der Waals surface area (Å²) in [6.07, 6.45) is 3.35. The van der Waals surface area contributed by atoms with Gasteiger partial charge in [0.15, 0.2) is 0 Å². The van der Waals surface area contributed by atoms with Crippen molar-refractivity contribution in [1.82, 2.24) is 4.98 Å². The SMILES string of the molecule is Cc1cncc(NC(C)c2c(F)cccc2F)c1. The highest BCUT2D eigenvalue weighted by Gasteiger charge is 2.15. The van der Waals surface area contributed by atoms with E-state index in [1.165, 1.54) is 18.2 Å². The highest BCUT2D eigenvalue weighted by Crippen LogP contribution is 2.24. The zero-order valence-electron chi connectivity index (χ0n) is 10.2. The lowest BCUT2D eigenvalue weighted by Gasteiger charge is -2.17. The van der Waals surface area contributed by atoms with E-state index in [1.807, 2.05) is 13.0 Å². The lowest BCUT2D eigenvalue weighted by atomic mass is 10.1. The average Bonchev–Trinajstić information content (AvgIpc) is 2.28. The third-order valence-electron chi connectivity index (χ3n) is 2.69. The fraction of sp³-hybridized carbons (Fsp3) is 0.214. The molecule has 2 nitrogen and oxygen atoms in total. The predicted octanol–water partition coefficient (Wildman–Crippen LogP) is 3.84. The molecule has 0 aliphatic heterocycles. The second-order valence-electron chi connectivity index (χ2n) is 4.25. The summed E-state index contributed by atoms with van der Waals surface area (Å²) in [4.78, 5) is 4.03. The molecule has 1 aromatic carbocycles. The predicted molar refractivity (Wildman–Crippen MR) is 67.4 cm³/mol. The molecule has 0 saturated heterocycles. The summed E-state index contributed by atoms with van der Waals surface area (Å²) in [5.41, 5.74) is 1.77. The van der Waals surface area contributed by atoms with Gasteiger partial charge in [-0.15, -0.1) is 0 Å². The number of hydrogen-bond acceptors (Lipinski definition) is 2. The summed E-state index contributed by atoms with van der Waals surface area (Å²) in [6.45, 7) is 3.62. The van der Waals surface area contributed by atoms with Gasteiger partial charge in [0, 0.05) is 18.0 Å². The monoisotopic (exact) mass is 248 g/mol. The van der Waals surface area contributed by atoms with Gasteiger partial charge in [-0.2, -0.15) is 0 Å². The van der Waals surface area contributed by atoms with Crippen molar-refractivity contribution >= 4 is 5.69 Å². The highest BCUT2D eigenvalue weighted by molar-refractivity contribution is 5.45. The molecule has 2 aromatic rings. The topological polar surface area (TPSA) is 24.9 Å². The van der Waals surface area contributed by atoms with Crippen molar-refractivity contribution in [3.8, 4) is 0 Å². The van der Waals surface area contributed by atoms with Gasteiger partial charge < -0.3 is 5.32 Å². The number of pyridine rings is 1. The van der Waals surface area contributed by atoms with Crippen LogP contribution in [0.15, 0.2) is 36.7 Å². The summed E-state index contributed by atoms with van der Waals surface area (Å²) in [5, 5.41) is 3.04. The van der Waals surface area contributed by atoms with E-state index in [9.17, 15) is 8.78 Å². The summed E-state index contributed by atoms with van der Waals surface area (Å²) in [5.74, 6) is -1.09. The summed E-state index contributed by atoms with van der Waals surface area (Å²) >= 11 is 0. The molecule has 0 spiro atoms. The Morgan fingerprint density at radius 3 is 2.44 bits per heavy atom. The molecule has 0 aliphatic rings. The normalized spacial score (nSPS) is 12.2. The zero-order chi connectivity index (χ0) is 13.1. The van der Waals surface area contributed by atoms with Crippen LogP contribution < -0.4 is 5.32 Å². The second kappa shape index (κ2) is 5.12. The van der Waals surface area contributed by atoms with Crippen molar-refractivity contribution in [1.29, 1.82) is 0 Å². The first-order valence-corrected chi connectivity index (χ1v) is 5.70. The van der Waals surface area contributed by atoms with E-state index in [0.29, 0.717) is 0 Å². The average molecular weight is 248 g/mol. The third kappa shape index (κ3) is 2.64. The zero-order valence-corrected chi connectivity index (χ0v) is 10.2. The van der Waals surface area contributed by atoms with Crippen LogP contribution in [0.1, 0.15) is 24.1 Å². The molecule has 0 saturated carbocycles. The molecule has 1 heterocycles. The van der Waals surface area contributed by atoms with Crippen LogP contribution in [0.5, 0.6) is 0 Å². The van der Waals surface area contributed by atoms with Crippen LogP contribution in [0, 0.1) is 18.6 Å². The van der Waals surface area contributed by atoms with E-state index in [2.05, 4.69) is 10.3 Å². The van der Waals surface area contributed by atoms with Gasteiger partial charge in [0.05, 0.1) is 11.7 Å². The largest absolute Gasteiger partial charge is 0.377 e. The molecule has 1 unspecified atom stereocenters. The van der Waals surface area contributed by atoms with Crippen molar-refractivity contribution in [3.05, 3.63) is 59.4 Å². The second-order valence-corrected chi connectivity index (χ2v) is 4.25. The van der Waals surface area contributed by atoms with Gasteiger partial charge in [0.2, 0.25) is 0 Å². The van der Waals surface area contributed by atoms with E-state index in [4.69, 9.17) is 0 Å². The molecule has 0 fully saturated rings. The minimum atomic E-state index is -0.546. The first kappa shape index (κ1) is 12.5. The van der Waals surface area contributed by atoms with E-state index >= 15 is 0 Å². The molecule has 1 N–H and O–H groups in total. The van der Waals surface area contributed by atoms with Crippen LogP contribution >= 0.6 is 0 Å². The van der Waals surface area contributed by atoms with Crippen LogP contribution in [-0.2, 0) is 0 Å². The quantitative estimate of drug-likeness (QED) is 0.892. The van der Waals surface area contributed by atoms with Crippen LogP contribution in [-0.4, -0.2) is 4.98 Å². The Balaban J connectivity index is 2.25. The maximum absolute atomic E-state index is 13.6. The Bertz CT molecular complexity index is 535. The van der Waals surface area contributed by atoms with Gasteiger partial charge in [0.1, 0.15) is 11.6 Å². The van der Waals surface area contributed by atoms with Gasteiger partial charge >= 0.3 is 0 Å². The number of nitrogens with zero attached hydrogens (tertiary/aromatic N) is 1. The molecule has 1 aromatic heterocycles. The van der Waals surface area contributed by atoms with Crippen molar-refractivity contribution in [2.75, 3.05) is 5.32 Å². The number of halogens is 2. The summed E-state index contributed by atoms with van der Waals surface area (Å²) in [6, 6.07) is 5.28. The Kier molecular flexibility index (Phi) is 3.55. The van der Waals surface area contributed by atoms with E-state index < -0.39 is 17.7 Å². The van der Waals surface area contributed by atoms with Crippen molar-refractivity contribution in [2.45, 2.75) is 19.9 Å². The summed E-state index contributed by atoms with van der Waals surface area (Å²) in [7, 11) is 0. The minimum Gasteiger partial charge on any atom is -0.377 e. The van der Waals surface area contributed by atoms with E-state index in [-0.39, 0.29) is 5.56 Å². The standard InChI is InChI=1S/C14H14F2N2/c1-9-6-11(8-17-7-9)18-10(2)14-12(15)4-3-5-13(14)16/h3-8,10,18H,1-2H3. The number of benzene rings is 1. The molecule has 0 aliphatic carbocycles. The molecule has 4 heteroatoms. The van der Waals surface area contributed by atoms with Gasteiger partial charge in [-0.05, 0) is 37.6 Å². The minimum absolute atomic E-state index is 0.0407. The molecule has 0 bridgehead atoms. The Hall–Kier alpha value is -1.97. The number of rotatable bonds is 3. The van der Waals surface area contributed by atoms with Crippen molar-refractivity contribution < 1.29 is 8.78 Å². The molecule has 0 radical (unpaired) electrons. The molecule has 1 atom stereocenters. The molecule has 2 rings (SSSR count). The molecular formula is C14H14F2N2. The van der Waals surface area contributed by atoms with E-state index in [1.54, 1.807) is 19.3 Å². The van der Waals surface area contributed by atoms with E-state index in [0.717, 1.165) is 11.3 Å². The summed E-state index contributed by atoms with van der Waals surface area (Å²) < 4.78 is 27.2. The van der Waals surface area contributed by atoms with Gasteiger partial charge in [-0.1, -0.05) is 6.07 Å². The maximum atomic E-state index is 13.6. The number of aryl methyl sites for hydroxylation is 1. The third-order valence-corrected chi connectivity index (χ3v) is 2.69. The fourth-order valence-corrected chi connectivity index (χ4v) is 1.88. The number of hydrogen-bond donors (Lipinski definition) is 1. The van der Waals surface area contributed by atoms with Crippen LogP contribution in [0.3, 0.4) is 0 Å². The highest BCUT2D eigenvalue weighted by atomic mass is 19.1. The molecular weight excluding hydrogens is 234 g/mol. The number of aromatic nitrogens is 1. The molecule has 94 valence electrons. The maximum Gasteiger partial charge on any atom is 0.131 e. The smallest absolute Gasteiger partial charge is 0.131 e. The van der Waals surface area contributed by atoms with Gasteiger partial charge in [0.25, 0.3) is 0 Å². The Labute approximate surface area is 105 Å². The first-order chi connectivity index (χ1) is 8.58.